The number of carbonyl (C=O) groups is 1. The Hall–Kier alpha value is -1.84. The highest BCUT2D eigenvalue weighted by molar-refractivity contribution is 5.98. The molecule has 2 atom stereocenters. The topological polar surface area (TPSA) is 61.7 Å². The molecule has 0 spiro atoms. The number of hydrogen-bond donors (Lipinski definition) is 2. The number of phenols is 1. The number of aromatic hydroxyl groups is 1. The zero-order valence-electron chi connectivity index (χ0n) is 10.1. The van der Waals surface area contributed by atoms with Crippen molar-refractivity contribution in [3.63, 3.8) is 0 Å². The van der Waals surface area contributed by atoms with Crippen LogP contribution >= 0.6 is 0 Å². The van der Waals surface area contributed by atoms with Crippen molar-refractivity contribution in [2.75, 3.05) is 0 Å². The lowest BCUT2D eigenvalue weighted by molar-refractivity contribution is 0.0952. The third kappa shape index (κ3) is 1.98. The number of hydrazone groups is 1. The van der Waals surface area contributed by atoms with E-state index in [2.05, 4.69) is 10.5 Å². The lowest BCUT2D eigenvalue weighted by Gasteiger charge is -2.11. The normalized spacial score (nSPS) is 27.7. The van der Waals surface area contributed by atoms with Crippen molar-refractivity contribution >= 4 is 11.6 Å². The third-order valence-corrected chi connectivity index (χ3v) is 3.96. The summed E-state index contributed by atoms with van der Waals surface area (Å²) in [7, 11) is 0. The number of benzene rings is 1. The number of para-hydroxylation sites is 1. The average molecular weight is 244 g/mol. The molecule has 2 bridgehead atoms. The van der Waals surface area contributed by atoms with E-state index in [1.807, 2.05) is 0 Å². The van der Waals surface area contributed by atoms with Crippen LogP contribution in [0.5, 0.6) is 5.75 Å². The van der Waals surface area contributed by atoms with Gasteiger partial charge in [-0.1, -0.05) is 12.1 Å². The number of carbonyl (C=O) groups excluding carboxylic acids is 1. The molecule has 2 N–H and O–H groups in total. The van der Waals surface area contributed by atoms with E-state index in [0.29, 0.717) is 5.92 Å². The van der Waals surface area contributed by atoms with Gasteiger partial charge in [-0.05, 0) is 49.7 Å². The first-order valence-electron chi connectivity index (χ1n) is 6.39. The first kappa shape index (κ1) is 11.3. The highest BCUT2D eigenvalue weighted by Gasteiger charge is 2.36. The summed E-state index contributed by atoms with van der Waals surface area (Å²) in [4.78, 5) is 11.9. The summed E-state index contributed by atoms with van der Waals surface area (Å²) >= 11 is 0. The van der Waals surface area contributed by atoms with Crippen LogP contribution in [-0.4, -0.2) is 16.7 Å². The van der Waals surface area contributed by atoms with Crippen LogP contribution < -0.4 is 5.43 Å². The largest absolute Gasteiger partial charge is 0.507 e. The minimum Gasteiger partial charge on any atom is -0.507 e. The predicted octanol–water partition coefficient (Wildman–Crippen LogP) is 2.30. The maximum absolute atomic E-state index is 11.9. The van der Waals surface area contributed by atoms with E-state index in [1.165, 1.54) is 25.3 Å². The maximum Gasteiger partial charge on any atom is 0.275 e. The molecule has 4 nitrogen and oxygen atoms in total. The third-order valence-electron chi connectivity index (χ3n) is 3.96. The Kier molecular flexibility index (Phi) is 2.78. The van der Waals surface area contributed by atoms with E-state index in [9.17, 15) is 9.90 Å². The van der Waals surface area contributed by atoms with Gasteiger partial charge in [0.1, 0.15) is 5.75 Å². The molecule has 1 aromatic carbocycles. The van der Waals surface area contributed by atoms with Gasteiger partial charge in [0, 0.05) is 5.71 Å². The van der Waals surface area contributed by atoms with Crippen LogP contribution in [0.15, 0.2) is 29.4 Å². The molecule has 94 valence electrons. The van der Waals surface area contributed by atoms with Gasteiger partial charge in [-0.15, -0.1) is 0 Å². The summed E-state index contributed by atoms with van der Waals surface area (Å²) < 4.78 is 0. The molecular formula is C14H16N2O2. The molecule has 0 aromatic heterocycles. The highest BCUT2D eigenvalue weighted by atomic mass is 16.3. The second kappa shape index (κ2) is 4.44. The fraction of sp³-hybridized carbons (Fsp3) is 0.429. The molecule has 0 radical (unpaired) electrons. The number of nitrogens with zero attached hydrogens (tertiary/aromatic N) is 1. The molecule has 2 fully saturated rings. The van der Waals surface area contributed by atoms with Gasteiger partial charge in [0.15, 0.2) is 0 Å². The van der Waals surface area contributed by atoms with E-state index in [0.717, 1.165) is 18.1 Å². The van der Waals surface area contributed by atoms with E-state index >= 15 is 0 Å². The Bertz CT molecular complexity index is 510. The Morgan fingerprint density at radius 3 is 2.83 bits per heavy atom. The lowest BCUT2D eigenvalue weighted by Crippen LogP contribution is -2.21. The molecule has 3 rings (SSSR count). The van der Waals surface area contributed by atoms with Crippen LogP contribution in [0.3, 0.4) is 0 Å². The zero-order valence-corrected chi connectivity index (χ0v) is 10.1. The van der Waals surface area contributed by atoms with Crippen molar-refractivity contribution in [2.24, 2.45) is 16.9 Å². The van der Waals surface area contributed by atoms with E-state index < -0.39 is 0 Å². The summed E-state index contributed by atoms with van der Waals surface area (Å²) in [5, 5.41) is 13.8. The zero-order chi connectivity index (χ0) is 12.5. The fourth-order valence-corrected chi connectivity index (χ4v) is 3.01. The number of hydrogen-bond acceptors (Lipinski definition) is 3. The molecule has 2 saturated carbocycles. The van der Waals surface area contributed by atoms with Crippen molar-refractivity contribution in [1.82, 2.24) is 5.43 Å². The van der Waals surface area contributed by atoms with Gasteiger partial charge >= 0.3 is 0 Å². The van der Waals surface area contributed by atoms with E-state index in [4.69, 9.17) is 0 Å². The van der Waals surface area contributed by atoms with Gasteiger partial charge in [-0.25, -0.2) is 5.43 Å². The average Bonchev–Trinajstić information content (AvgIpc) is 2.98. The first-order chi connectivity index (χ1) is 8.74. The van der Waals surface area contributed by atoms with Gasteiger partial charge in [0.05, 0.1) is 5.56 Å². The SMILES string of the molecule is O=C(NN=C1C[C@H]2CC[C@H]1C2)c1ccccc1O. The van der Waals surface area contributed by atoms with Gasteiger partial charge in [0.2, 0.25) is 0 Å². The van der Waals surface area contributed by atoms with Crippen LogP contribution in [0.4, 0.5) is 0 Å². The van der Waals surface area contributed by atoms with Crippen molar-refractivity contribution < 1.29 is 9.90 Å². The molecule has 18 heavy (non-hydrogen) atoms. The standard InChI is InChI=1S/C14H16N2O2/c17-13-4-2-1-3-11(13)14(18)16-15-12-8-9-5-6-10(12)7-9/h1-4,9-10,17H,5-8H2,(H,16,18)/t9-,10-/m0/s1. The first-order valence-corrected chi connectivity index (χ1v) is 6.39. The molecule has 2 aliphatic carbocycles. The van der Waals surface area contributed by atoms with Gasteiger partial charge in [-0.2, -0.15) is 5.10 Å². The Morgan fingerprint density at radius 2 is 2.17 bits per heavy atom. The van der Waals surface area contributed by atoms with E-state index in [1.54, 1.807) is 18.2 Å². The van der Waals surface area contributed by atoms with Crippen LogP contribution in [0.2, 0.25) is 0 Å². The summed E-state index contributed by atoms with van der Waals surface area (Å²) in [5.41, 5.74) is 3.94. The maximum atomic E-state index is 11.9. The summed E-state index contributed by atoms with van der Waals surface area (Å²) in [6.45, 7) is 0. The summed E-state index contributed by atoms with van der Waals surface area (Å²) in [6.07, 6.45) is 4.75. The van der Waals surface area contributed by atoms with Gasteiger partial charge in [0.25, 0.3) is 5.91 Å². The van der Waals surface area contributed by atoms with Crippen molar-refractivity contribution in [1.29, 1.82) is 0 Å². The molecular weight excluding hydrogens is 228 g/mol. The van der Waals surface area contributed by atoms with Crippen molar-refractivity contribution in [2.45, 2.75) is 25.7 Å². The molecule has 1 amide bonds. The monoisotopic (exact) mass is 244 g/mol. The van der Waals surface area contributed by atoms with Crippen LogP contribution in [0, 0.1) is 11.8 Å². The fourth-order valence-electron chi connectivity index (χ4n) is 3.01. The molecule has 0 aliphatic heterocycles. The minimum absolute atomic E-state index is 0.0110. The molecule has 0 heterocycles. The summed E-state index contributed by atoms with van der Waals surface area (Å²) in [6, 6.07) is 6.50. The van der Waals surface area contributed by atoms with Crippen LogP contribution in [0.1, 0.15) is 36.0 Å². The molecule has 0 saturated heterocycles. The molecule has 0 unspecified atom stereocenters. The number of nitrogens with one attached hydrogen (secondary N) is 1. The Balaban J connectivity index is 1.69. The Labute approximate surface area is 106 Å². The lowest BCUT2D eigenvalue weighted by atomic mass is 9.99. The molecule has 4 heteroatoms. The number of phenolic OH excluding ortho intramolecular Hbond substituents is 1. The van der Waals surface area contributed by atoms with Gasteiger partial charge in [-0.3, -0.25) is 4.79 Å². The molecule has 2 aliphatic rings. The van der Waals surface area contributed by atoms with Crippen molar-refractivity contribution in [3.05, 3.63) is 29.8 Å². The minimum atomic E-state index is -0.344. The number of rotatable bonds is 2. The van der Waals surface area contributed by atoms with Crippen LogP contribution in [0.25, 0.3) is 0 Å². The second-order valence-electron chi connectivity index (χ2n) is 5.14. The van der Waals surface area contributed by atoms with Gasteiger partial charge < -0.3 is 5.11 Å². The smallest absolute Gasteiger partial charge is 0.275 e. The predicted molar refractivity (Wildman–Crippen MR) is 68.5 cm³/mol. The Morgan fingerprint density at radius 1 is 1.33 bits per heavy atom. The molecule has 1 aromatic rings. The second-order valence-corrected chi connectivity index (χ2v) is 5.14. The van der Waals surface area contributed by atoms with Crippen molar-refractivity contribution in [3.8, 4) is 5.75 Å². The number of amides is 1. The highest BCUT2D eigenvalue weighted by Crippen LogP contribution is 2.42. The summed E-state index contributed by atoms with van der Waals surface area (Å²) in [5.74, 6) is 0.988. The van der Waals surface area contributed by atoms with Crippen LogP contribution in [-0.2, 0) is 0 Å². The van der Waals surface area contributed by atoms with E-state index in [-0.39, 0.29) is 17.2 Å². The quantitative estimate of drug-likeness (QED) is 0.784. The number of fused-ring (bicyclic) bond motifs is 2.